The number of nitrogens with zero attached hydrogens (tertiary/aromatic N) is 1. The van der Waals surface area contributed by atoms with E-state index in [1.165, 1.54) is 12.1 Å². The fourth-order valence-corrected chi connectivity index (χ4v) is 2.55. The summed E-state index contributed by atoms with van der Waals surface area (Å²) in [5, 5.41) is 16.4. The van der Waals surface area contributed by atoms with Gasteiger partial charge in [0.2, 0.25) is 0 Å². The summed E-state index contributed by atoms with van der Waals surface area (Å²) in [5.41, 5.74) is 0.471. The van der Waals surface area contributed by atoms with Crippen LogP contribution in [0.4, 0.5) is 4.39 Å². The van der Waals surface area contributed by atoms with Gasteiger partial charge < -0.3 is 20.5 Å². The van der Waals surface area contributed by atoms with Crippen LogP contribution in [0.5, 0.6) is 0 Å². The lowest BCUT2D eigenvalue weighted by Gasteiger charge is -2.22. The predicted octanol–water partition coefficient (Wildman–Crippen LogP) is 1.98. The average molecular weight is 323 g/mol. The van der Waals surface area contributed by atoms with Crippen molar-refractivity contribution in [2.24, 2.45) is 4.99 Å². The van der Waals surface area contributed by atoms with Crippen LogP contribution in [-0.4, -0.2) is 42.9 Å². The highest BCUT2D eigenvalue weighted by Crippen LogP contribution is 2.25. The maximum Gasteiger partial charge on any atom is 0.191 e. The summed E-state index contributed by atoms with van der Waals surface area (Å²) in [6.07, 6.45) is 1.35. The van der Waals surface area contributed by atoms with Crippen molar-refractivity contribution in [3.8, 4) is 0 Å². The van der Waals surface area contributed by atoms with Gasteiger partial charge >= 0.3 is 0 Å². The van der Waals surface area contributed by atoms with Gasteiger partial charge in [-0.2, -0.15) is 0 Å². The molecule has 1 heterocycles. The van der Waals surface area contributed by atoms with Crippen molar-refractivity contribution in [3.63, 3.8) is 0 Å². The summed E-state index contributed by atoms with van der Waals surface area (Å²) in [5.74, 6) is 0.332. The number of rotatable bonds is 6. The van der Waals surface area contributed by atoms with Crippen LogP contribution >= 0.6 is 0 Å². The van der Waals surface area contributed by atoms with Crippen LogP contribution in [0.15, 0.2) is 29.3 Å². The molecule has 1 aliphatic rings. The number of hydrogen-bond acceptors (Lipinski definition) is 3. The minimum Gasteiger partial charge on any atom is -0.387 e. The fourth-order valence-electron chi connectivity index (χ4n) is 2.55. The first kappa shape index (κ1) is 17.7. The largest absolute Gasteiger partial charge is 0.387 e. The zero-order valence-corrected chi connectivity index (χ0v) is 13.8. The second kappa shape index (κ2) is 8.26. The van der Waals surface area contributed by atoms with Crippen LogP contribution in [0.1, 0.15) is 38.4 Å². The third kappa shape index (κ3) is 5.48. The molecule has 23 heavy (non-hydrogen) atoms. The summed E-state index contributed by atoms with van der Waals surface area (Å²) in [4.78, 5) is 4.55. The van der Waals surface area contributed by atoms with Gasteiger partial charge in [-0.1, -0.05) is 12.1 Å². The maximum absolute atomic E-state index is 12.9. The third-order valence-corrected chi connectivity index (χ3v) is 3.93. The molecule has 0 radical (unpaired) electrons. The normalized spacial score (nSPS) is 22.9. The van der Waals surface area contributed by atoms with Gasteiger partial charge in [0.05, 0.1) is 18.2 Å². The highest BCUT2D eigenvalue weighted by Gasteiger charge is 2.29. The number of hydrogen-bond donors (Lipinski definition) is 3. The van der Waals surface area contributed by atoms with E-state index in [0.717, 1.165) is 26.0 Å². The van der Waals surface area contributed by atoms with E-state index in [1.54, 1.807) is 12.1 Å². The Kier molecular flexibility index (Phi) is 6.36. The Balaban J connectivity index is 1.89. The molecule has 1 saturated heterocycles. The molecule has 0 saturated carbocycles. The number of halogens is 1. The molecule has 0 aromatic heterocycles. The Morgan fingerprint density at radius 1 is 1.39 bits per heavy atom. The first-order valence-corrected chi connectivity index (χ1v) is 8.12. The topological polar surface area (TPSA) is 65.9 Å². The van der Waals surface area contributed by atoms with E-state index >= 15 is 0 Å². The number of aliphatic hydroxyl groups excluding tert-OH is 1. The summed E-state index contributed by atoms with van der Waals surface area (Å²) in [6, 6.07) is 5.85. The maximum atomic E-state index is 12.9. The van der Waals surface area contributed by atoms with Gasteiger partial charge in [0.15, 0.2) is 5.96 Å². The molecule has 6 heteroatoms. The Hall–Kier alpha value is -1.66. The number of nitrogens with one attached hydrogen (secondary N) is 2. The average Bonchev–Trinajstić information content (AvgIpc) is 2.97. The van der Waals surface area contributed by atoms with Crippen molar-refractivity contribution in [2.45, 2.75) is 38.4 Å². The van der Waals surface area contributed by atoms with E-state index in [1.807, 2.05) is 6.92 Å². The molecule has 0 amide bonds. The summed E-state index contributed by atoms with van der Waals surface area (Å²) < 4.78 is 18.6. The quantitative estimate of drug-likeness (QED) is 0.553. The first-order chi connectivity index (χ1) is 11.0. The van der Waals surface area contributed by atoms with Gasteiger partial charge in [0, 0.05) is 19.7 Å². The lowest BCUT2D eigenvalue weighted by atomic mass is 10.0. The summed E-state index contributed by atoms with van der Waals surface area (Å²) >= 11 is 0. The second-order valence-corrected chi connectivity index (χ2v) is 6.05. The highest BCUT2D eigenvalue weighted by molar-refractivity contribution is 5.79. The minimum atomic E-state index is -0.724. The molecule has 0 aliphatic carbocycles. The Morgan fingerprint density at radius 2 is 2.13 bits per heavy atom. The van der Waals surface area contributed by atoms with Crippen LogP contribution in [-0.2, 0) is 4.74 Å². The van der Waals surface area contributed by atoms with E-state index in [4.69, 9.17) is 4.74 Å². The third-order valence-electron chi connectivity index (χ3n) is 3.93. The fraction of sp³-hybridized carbons (Fsp3) is 0.588. The smallest absolute Gasteiger partial charge is 0.191 e. The molecule has 0 spiro atoms. The predicted molar refractivity (Wildman–Crippen MR) is 88.9 cm³/mol. The molecule has 5 nitrogen and oxygen atoms in total. The monoisotopic (exact) mass is 323 g/mol. The lowest BCUT2D eigenvalue weighted by Crippen LogP contribution is -2.41. The number of ether oxygens (including phenoxy) is 1. The minimum absolute atomic E-state index is 0.197. The Labute approximate surface area is 137 Å². The van der Waals surface area contributed by atoms with E-state index in [0.29, 0.717) is 24.6 Å². The Bertz CT molecular complexity index is 513. The second-order valence-electron chi connectivity index (χ2n) is 6.05. The van der Waals surface area contributed by atoms with Gasteiger partial charge in [0.1, 0.15) is 5.82 Å². The van der Waals surface area contributed by atoms with E-state index in [-0.39, 0.29) is 11.4 Å². The van der Waals surface area contributed by atoms with Crippen LogP contribution in [0.25, 0.3) is 0 Å². The van der Waals surface area contributed by atoms with Crippen molar-refractivity contribution in [1.29, 1.82) is 0 Å². The van der Waals surface area contributed by atoms with Gasteiger partial charge in [-0.25, -0.2) is 4.39 Å². The molecular weight excluding hydrogens is 297 g/mol. The molecule has 1 fully saturated rings. The summed E-state index contributed by atoms with van der Waals surface area (Å²) in [7, 11) is 0. The molecule has 1 aromatic rings. The van der Waals surface area contributed by atoms with Gasteiger partial charge in [-0.05, 0) is 44.4 Å². The van der Waals surface area contributed by atoms with Gasteiger partial charge in [-0.3, -0.25) is 4.99 Å². The van der Waals surface area contributed by atoms with Crippen LogP contribution in [0.2, 0.25) is 0 Å². The van der Waals surface area contributed by atoms with Crippen molar-refractivity contribution in [3.05, 3.63) is 35.6 Å². The van der Waals surface area contributed by atoms with Crippen LogP contribution in [0.3, 0.4) is 0 Å². The standard InChI is InChI=1S/C17H26FN3O2/c1-3-19-16(21-12-17(2)9-4-10-23-17)20-11-15(22)13-5-7-14(18)8-6-13/h5-8,15,22H,3-4,9-12H2,1-2H3,(H2,19,20,21). The van der Waals surface area contributed by atoms with Crippen LogP contribution < -0.4 is 10.6 Å². The van der Waals surface area contributed by atoms with Gasteiger partial charge in [0.25, 0.3) is 0 Å². The molecule has 0 bridgehead atoms. The number of guanidine groups is 1. The Morgan fingerprint density at radius 3 is 2.74 bits per heavy atom. The van der Waals surface area contributed by atoms with Crippen molar-refractivity contribution >= 4 is 5.96 Å². The molecule has 1 aliphatic heterocycles. The number of benzene rings is 1. The molecule has 3 N–H and O–H groups in total. The highest BCUT2D eigenvalue weighted by atomic mass is 19.1. The zero-order chi connectivity index (χ0) is 16.7. The molecular formula is C17H26FN3O2. The van der Waals surface area contributed by atoms with E-state index in [2.05, 4.69) is 22.5 Å². The van der Waals surface area contributed by atoms with Crippen molar-refractivity contribution < 1.29 is 14.2 Å². The van der Waals surface area contributed by atoms with E-state index < -0.39 is 6.10 Å². The van der Waals surface area contributed by atoms with Crippen LogP contribution in [0, 0.1) is 5.82 Å². The van der Waals surface area contributed by atoms with E-state index in [9.17, 15) is 9.50 Å². The van der Waals surface area contributed by atoms with Crippen molar-refractivity contribution in [1.82, 2.24) is 10.6 Å². The molecule has 2 unspecified atom stereocenters. The van der Waals surface area contributed by atoms with Crippen molar-refractivity contribution in [2.75, 3.05) is 26.2 Å². The lowest BCUT2D eigenvalue weighted by molar-refractivity contribution is 0.0283. The molecule has 2 rings (SSSR count). The zero-order valence-electron chi connectivity index (χ0n) is 13.8. The molecule has 2 atom stereocenters. The molecule has 128 valence electrons. The molecule has 1 aromatic carbocycles. The first-order valence-electron chi connectivity index (χ1n) is 8.12. The number of aliphatic imine (C=N–C) groups is 1. The van der Waals surface area contributed by atoms with Gasteiger partial charge in [-0.15, -0.1) is 0 Å². The summed E-state index contributed by atoms with van der Waals surface area (Å²) in [6.45, 7) is 6.46. The SMILES string of the molecule is CCNC(=NCC1(C)CCCO1)NCC(O)c1ccc(F)cc1. The number of aliphatic hydroxyl groups is 1.